The number of carbonyl (C=O) groups excluding carboxylic acids is 1. The molecule has 0 aliphatic carbocycles. The molecule has 1 amide bonds. The number of nitrogens with zero attached hydrogens (tertiary/aromatic N) is 1. The van der Waals surface area contributed by atoms with Crippen molar-refractivity contribution in [1.82, 2.24) is 4.31 Å². The zero-order chi connectivity index (χ0) is 19.2. The third-order valence-corrected chi connectivity index (χ3v) is 7.60. The fourth-order valence-corrected chi connectivity index (χ4v) is 5.86. The second kappa shape index (κ2) is 6.88. The summed E-state index contributed by atoms with van der Waals surface area (Å²) in [5.74, 6) is -2.98. The second-order valence-electron chi connectivity index (χ2n) is 7.30. The number of carbonyl (C=O) groups is 2. The maximum absolute atomic E-state index is 12.6. The average Bonchev–Trinajstić information content (AvgIpc) is 3.38. The minimum Gasteiger partial charge on any atom is -0.481 e. The topological polar surface area (TPSA) is 113 Å². The van der Waals surface area contributed by atoms with Gasteiger partial charge in [-0.15, -0.1) is 0 Å². The molecule has 3 heterocycles. The first-order valence-electron chi connectivity index (χ1n) is 9.17. The molecule has 0 unspecified atom stereocenters. The van der Waals surface area contributed by atoms with Crippen LogP contribution in [0.5, 0.6) is 0 Å². The number of carboxylic acid groups (broad SMARTS) is 1. The van der Waals surface area contributed by atoms with Gasteiger partial charge in [0.2, 0.25) is 15.9 Å². The lowest BCUT2D eigenvalue weighted by molar-refractivity contribution is -0.147. The Labute approximate surface area is 157 Å². The number of ether oxygens (including phenoxy) is 1. The molecule has 0 radical (unpaired) electrons. The lowest BCUT2D eigenvalue weighted by atomic mass is 9.78. The average molecular weight is 394 g/mol. The molecule has 27 heavy (non-hydrogen) atoms. The Kier molecular flexibility index (Phi) is 4.69. The lowest BCUT2D eigenvalue weighted by Gasteiger charge is -2.24. The van der Waals surface area contributed by atoms with Gasteiger partial charge in [-0.1, -0.05) is 0 Å². The molecule has 2 bridgehead atoms. The van der Waals surface area contributed by atoms with E-state index in [1.54, 1.807) is 0 Å². The van der Waals surface area contributed by atoms with Gasteiger partial charge < -0.3 is 15.2 Å². The van der Waals surface area contributed by atoms with Crippen LogP contribution in [0.4, 0.5) is 5.69 Å². The number of anilines is 1. The van der Waals surface area contributed by atoms with Crippen LogP contribution in [0.25, 0.3) is 0 Å². The number of benzene rings is 1. The molecule has 3 fully saturated rings. The number of carboxylic acids is 1. The van der Waals surface area contributed by atoms with Crippen LogP contribution >= 0.6 is 0 Å². The van der Waals surface area contributed by atoms with Crippen molar-refractivity contribution in [3.8, 4) is 0 Å². The van der Waals surface area contributed by atoms with Gasteiger partial charge in [0.05, 0.1) is 28.9 Å². The highest BCUT2D eigenvalue weighted by Gasteiger charge is 2.55. The summed E-state index contributed by atoms with van der Waals surface area (Å²) in [5.41, 5.74) is 0.437. The highest BCUT2D eigenvalue weighted by atomic mass is 32.2. The van der Waals surface area contributed by atoms with Crippen LogP contribution in [-0.2, 0) is 24.3 Å². The van der Waals surface area contributed by atoms with Gasteiger partial charge in [0.15, 0.2) is 0 Å². The zero-order valence-electron chi connectivity index (χ0n) is 14.7. The van der Waals surface area contributed by atoms with Crippen molar-refractivity contribution in [1.29, 1.82) is 0 Å². The monoisotopic (exact) mass is 394 g/mol. The number of aliphatic carboxylic acids is 1. The van der Waals surface area contributed by atoms with E-state index in [1.807, 2.05) is 0 Å². The van der Waals surface area contributed by atoms with E-state index < -0.39 is 39.8 Å². The molecule has 3 aliphatic rings. The van der Waals surface area contributed by atoms with E-state index in [0.717, 1.165) is 12.8 Å². The van der Waals surface area contributed by atoms with Gasteiger partial charge in [-0.25, -0.2) is 8.42 Å². The predicted octanol–water partition coefficient (Wildman–Crippen LogP) is 1.29. The van der Waals surface area contributed by atoms with Crippen LogP contribution < -0.4 is 5.32 Å². The van der Waals surface area contributed by atoms with Crippen molar-refractivity contribution in [2.24, 2.45) is 11.8 Å². The molecular weight excluding hydrogens is 372 g/mol. The highest BCUT2D eigenvalue weighted by Crippen LogP contribution is 2.44. The molecule has 3 aliphatic heterocycles. The molecule has 1 aromatic rings. The number of nitrogens with one attached hydrogen (secondary N) is 1. The number of fused-ring (bicyclic) bond motifs is 2. The maximum Gasteiger partial charge on any atom is 0.310 e. The number of amides is 1. The summed E-state index contributed by atoms with van der Waals surface area (Å²) in [4.78, 5) is 24.3. The first-order chi connectivity index (χ1) is 12.9. The summed E-state index contributed by atoms with van der Waals surface area (Å²) in [6.07, 6.45) is 2.30. The van der Waals surface area contributed by atoms with Crippen LogP contribution in [0.2, 0.25) is 0 Å². The summed E-state index contributed by atoms with van der Waals surface area (Å²) < 4.78 is 32.2. The first-order valence-corrected chi connectivity index (χ1v) is 10.6. The first kappa shape index (κ1) is 18.4. The summed E-state index contributed by atoms with van der Waals surface area (Å²) in [6, 6.07) is 6.00. The summed E-state index contributed by atoms with van der Waals surface area (Å²) in [7, 11) is -3.50. The molecule has 1 aromatic carbocycles. The van der Waals surface area contributed by atoms with Crippen LogP contribution in [0.1, 0.15) is 25.7 Å². The second-order valence-corrected chi connectivity index (χ2v) is 9.24. The van der Waals surface area contributed by atoms with Crippen molar-refractivity contribution in [3.63, 3.8) is 0 Å². The van der Waals surface area contributed by atoms with E-state index in [9.17, 15) is 23.1 Å². The number of rotatable bonds is 5. The Morgan fingerprint density at radius 1 is 1.04 bits per heavy atom. The predicted molar refractivity (Wildman–Crippen MR) is 95.6 cm³/mol. The van der Waals surface area contributed by atoms with E-state index in [2.05, 4.69) is 5.32 Å². The van der Waals surface area contributed by atoms with E-state index in [1.165, 1.54) is 28.6 Å². The Hall–Kier alpha value is -1.97. The van der Waals surface area contributed by atoms with Crippen molar-refractivity contribution < 1.29 is 27.9 Å². The Morgan fingerprint density at radius 2 is 1.63 bits per heavy atom. The van der Waals surface area contributed by atoms with Gasteiger partial charge in [-0.2, -0.15) is 4.31 Å². The van der Waals surface area contributed by atoms with E-state index >= 15 is 0 Å². The maximum atomic E-state index is 12.6. The Bertz CT molecular complexity index is 847. The number of hydrogen-bond acceptors (Lipinski definition) is 5. The lowest BCUT2D eigenvalue weighted by Crippen LogP contribution is -2.40. The van der Waals surface area contributed by atoms with Gasteiger partial charge in [0.25, 0.3) is 0 Å². The van der Waals surface area contributed by atoms with Gasteiger partial charge >= 0.3 is 5.97 Å². The number of hydrogen-bond donors (Lipinski definition) is 2. The van der Waals surface area contributed by atoms with E-state index in [4.69, 9.17) is 4.74 Å². The van der Waals surface area contributed by atoms with Crippen molar-refractivity contribution in [2.75, 3.05) is 18.4 Å². The van der Waals surface area contributed by atoms with Gasteiger partial charge in [0, 0.05) is 18.8 Å². The van der Waals surface area contributed by atoms with E-state index in [-0.39, 0.29) is 11.0 Å². The van der Waals surface area contributed by atoms with Gasteiger partial charge in [-0.05, 0) is 49.9 Å². The highest BCUT2D eigenvalue weighted by molar-refractivity contribution is 7.89. The molecule has 0 spiro atoms. The van der Waals surface area contributed by atoms with Gasteiger partial charge in [0.1, 0.15) is 0 Å². The van der Waals surface area contributed by atoms with E-state index in [0.29, 0.717) is 31.6 Å². The normalized spacial score (nSPS) is 30.5. The third-order valence-electron chi connectivity index (χ3n) is 5.69. The fraction of sp³-hybridized carbons (Fsp3) is 0.556. The van der Waals surface area contributed by atoms with Crippen molar-refractivity contribution in [2.45, 2.75) is 42.8 Å². The largest absolute Gasteiger partial charge is 0.481 e. The zero-order valence-corrected chi connectivity index (χ0v) is 15.5. The molecule has 0 saturated carbocycles. The van der Waals surface area contributed by atoms with Crippen molar-refractivity contribution in [3.05, 3.63) is 24.3 Å². The fourth-order valence-electron chi connectivity index (χ4n) is 4.34. The SMILES string of the molecule is O=C(O)[C@@H]1[C@@H](C(=O)Nc2ccc(S(=O)(=O)N3CCCC3)cc2)[C@H]2CC[C@H]1O2. The van der Waals surface area contributed by atoms with Crippen LogP contribution in [-0.4, -0.2) is 55.0 Å². The Balaban J connectivity index is 1.47. The minimum absolute atomic E-state index is 0.189. The molecule has 2 N–H and O–H groups in total. The quantitative estimate of drug-likeness (QED) is 0.778. The molecule has 8 nitrogen and oxygen atoms in total. The standard InChI is InChI=1S/C18H22N2O6S/c21-17(15-13-7-8-14(26-13)16(15)18(22)23)19-11-3-5-12(6-4-11)27(24,25)20-9-1-2-10-20/h3-6,13-16H,1-2,7-10H2,(H,19,21)(H,22,23)/t13-,14-,15+,16+/m1/s1. The number of sulfonamides is 1. The summed E-state index contributed by atoms with van der Waals surface area (Å²) in [5, 5.41) is 12.1. The van der Waals surface area contributed by atoms with Gasteiger partial charge in [-0.3, -0.25) is 9.59 Å². The van der Waals surface area contributed by atoms with Crippen molar-refractivity contribution >= 4 is 27.6 Å². The smallest absolute Gasteiger partial charge is 0.310 e. The molecule has 0 aromatic heterocycles. The molecule has 3 saturated heterocycles. The summed E-state index contributed by atoms with van der Waals surface area (Å²) >= 11 is 0. The molecular formula is C18H22N2O6S. The molecule has 4 rings (SSSR count). The molecule has 4 atom stereocenters. The molecule has 146 valence electrons. The third kappa shape index (κ3) is 3.24. The van der Waals surface area contributed by atoms with Crippen LogP contribution in [0.15, 0.2) is 29.2 Å². The summed E-state index contributed by atoms with van der Waals surface area (Å²) in [6.45, 7) is 1.06. The minimum atomic E-state index is -3.50. The molecule has 9 heteroatoms. The van der Waals surface area contributed by atoms with Crippen LogP contribution in [0, 0.1) is 11.8 Å². The van der Waals surface area contributed by atoms with Crippen LogP contribution in [0.3, 0.4) is 0 Å². The Morgan fingerprint density at radius 3 is 2.22 bits per heavy atom.